The Hall–Kier alpha value is -2.93. The van der Waals surface area contributed by atoms with E-state index in [0.29, 0.717) is 51.1 Å². The van der Waals surface area contributed by atoms with Gasteiger partial charge in [0, 0.05) is 39.1 Å². The Morgan fingerprint density at radius 1 is 1.03 bits per heavy atom. The second-order valence-electron chi connectivity index (χ2n) is 9.31. The van der Waals surface area contributed by atoms with E-state index in [0.717, 1.165) is 5.56 Å². The lowest BCUT2D eigenvalue weighted by atomic mass is 9.89. The van der Waals surface area contributed by atoms with Crippen LogP contribution in [0.25, 0.3) is 0 Å². The number of halogens is 1. The summed E-state index contributed by atoms with van der Waals surface area (Å²) < 4.78 is 14.1. The predicted octanol–water partition coefficient (Wildman–Crippen LogP) is 3.02. The van der Waals surface area contributed by atoms with Crippen LogP contribution >= 0.6 is 0 Å². The molecule has 7 heteroatoms. The first kappa shape index (κ1) is 23.2. The number of rotatable bonds is 6. The molecule has 33 heavy (non-hydrogen) atoms. The van der Waals surface area contributed by atoms with E-state index in [1.807, 2.05) is 35.2 Å². The summed E-state index contributed by atoms with van der Waals surface area (Å²) in [6.07, 6.45) is 1.33. The van der Waals surface area contributed by atoms with Gasteiger partial charge in [0.1, 0.15) is 5.82 Å². The molecule has 1 atom stereocenters. The van der Waals surface area contributed by atoms with Crippen LogP contribution in [0.5, 0.6) is 0 Å². The number of piperazine rings is 1. The first-order valence-electron chi connectivity index (χ1n) is 11.7. The number of aliphatic hydroxyl groups is 1. The number of carbonyl (C=O) groups excluding carboxylic acids is 2. The number of carbonyl (C=O) groups is 2. The van der Waals surface area contributed by atoms with Gasteiger partial charge in [-0.05, 0) is 36.5 Å². The smallest absolute Gasteiger partial charge is 0.242 e. The Balaban J connectivity index is 1.27. The Labute approximate surface area is 194 Å². The number of amides is 2. The summed E-state index contributed by atoms with van der Waals surface area (Å²) in [5.74, 6) is -0.213. The molecule has 2 fully saturated rings. The molecule has 2 aromatic carbocycles. The SMILES string of the molecule is C[C@H](CC(=O)N1CCC(O)(CN2CCN(c3ccccc3F)CC2=O)CC1)c1ccccc1. The standard InChI is InChI=1S/C26H32FN3O3/c1-20(21-7-3-2-4-8-21)17-24(31)28-13-11-26(33,12-14-28)19-30-16-15-29(18-25(30)32)23-10-6-5-9-22(23)27/h2-10,20,33H,11-19H2,1H3/t20-/m1/s1. The molecule has 2 amide bonds. The van der Waals surface area contributed by atoms with Crippen LogP contribution in [0.15, 0.2) is 54.6 Å². The molecule has 0 aromatic heterocycles. The second kappa shape index (κ2) is 9.91. The van der Waals surface area contributed by atoms with E-state index in [2.05, 4.69) is 6.92 Å². The lowest BCUT2D eigenvalue weighted by molar-refractivity contribution is -0.142. The molecule has 2 aromatic rings. The number of likely N-dealkylation sites (tertiary alicyclic amines) is 1. The summed E-state index contributed by atoms with van der Waals surface area (Å²) in [6.45, 7) is 4.33. The van der Waals surface area contributed by atoms with Crippen molar-refractivity contribution in [2.75, 3.05) is 44.2 Å². The highest BCUT2D eigenvalue weighted by Gasteiger charge is 2.38. The first-order valence-corrected chi connectivity index (χ1v) is 11.7. The van der Waals surface area contributed by atoms with E-state index >= 15 is 0 Å². The van der Waals surface area contributed by atoms with Crippen LogP contribution in [-0.2, 0) is 9.59 Å². The third-order valence-corrected chi connectivity index (χ3v) is 6.89. The van der Waals surface area contributed by atoms with Gasteiger partial charge in [0.2, 0.25) is 11.8 Å². The van der Waals surface area contributed by atoms with E-state index in [1.165, 1.54) is 6.07 Å². The fourth-order valence-electron chi connectivity index (χ4n) is 4.77. The van der Waals surface area contributed by atoms with Crippen LogP contribution < -0.4 is 4.90 Å². The number of para-hydroxylation sites is 1. The van der Waals surface area contributed by atoms with Crippen molar-refractivity contribution in [2.45, 2.75) is 37.7 Å². The Morgan fingerprint density at radius 2 is 1.70 bits per heavy atom. The third-order valence-electron chi connectivity index (χ3n) is 6.89. The molecule has 0 bridgehead atoms. The van der Waals surface area contributed by atoms with Crippen LogP contribution in [0, 0.1) is 5.82 Å². The van der Waals surface area contributed by atoms with Crippen molar-refractivity contribution < 1.29 is 19.1 Å². The summed E-state index contributed by atoms with van der Waals surface area (Å²) in [7, 11) is 0. The second-order valence-corrected chi connectivity index (χ2v) is 9.31. The number of anilines is 1. The van der Waals surface area contributed by atoms with Crippen molar-refractivity contribution in [2.24, 2.45) is 0 Å². The lowest BCUT2D eigenvalue weighted by Gasteiger charge is -2.43. The molecule has 4 rings (SSSR count). The van der Waals surface area contributed by atoms with Crippen molar-refractivity contribution >= 4 is 17.5 Å². The first-order chi connectivity index (χ1) is 15.8. The molecular weight excluding hydrogens is 421 g/mol. The lowest BCUT2D eigenvalue weighted by Crippen LogP contribution is -2.58. The fourth-order valence-corrected chi connectivity index (χ4v) is 4.77. The van der Waals surface area contributed by atoms with Gasteiger partial charge in [-0.2, -0.15) is 0 Å². The minimum absolute atomic E-state index is 0.0962. The van der Waals surface area contributed by atoms with Gasteiger partial charge in [-0.3, -0.25) is 9.59 Å². The van der Waals surface area contributed by atoms with Gasteiger partial charge in [0.05, 0.1) is 17.8 Å². The summed E-state index contributed by atoms with van der Waals surface area (Å²) >= 11 is 0. The van der Waals surface area contributed by atoms with Crippen molar-refractivity contribution in [3.63, 3.8) is 0 Å². The number of piperidine rings is 1. The maximum Gasteiger partial charge on any atom is 0.242 e. The van der Waals surface area contributed by atoms with Crippen molar-refractivity contribution in [1.29, 1.82) is 0 Å². The van der Waals surface area contributed by atoms with Gasteiger partial charge in [-0.25, -0.2) is 4.39 Å². The molecule has 6 nitrogen and oxygen atoms in total. The molecule has 0 unspecified atom stereocenters. The maximum absolute atomic E-state index is 14.1. The Bertz CT molecular complexity index is 976. The molecule has 2 saturated heterocycles. The van der Waals surface area contributed by atoms with Gasteiger partial charge < -0.3 is 19.8 Å². The molecule has 2 aliphatic heterocycles. The Kier molecular flexibility index (Phi) is 6.98. The minimum Gasteiger partial charge on any atom is -0.388 e. The molecule has 0 radical (unpaired) electrons. The molecule has 2 heterocycles. The fraction of sp³-hybridized carbons (Fsp3) is 0.462. The molecule has 2 aliphatic rings. The van der Waals surface area contributed by atoms with Crippen molar-refractivity contribution in [3.8, 4) is 0 Å². The largest absolute Gasteiger partial charge is 0.388 e. The summed E-state index contributed by atoms with van der Waals surface area (Å²) in [5, 5.41) is 11.1. The van der Waals surface area contributed by atoms with Crippen LogP contribution in [0.3, 0.4) is 0 Å². The summed E-state index contributed by atoms with van der Waals surface area (Å²) in [4.78, 5) is 30.7. The highest BCUT2D eigenvalue weighted by Crippen LogP contribution is 2.27. The zero-order chi connectivity index (χ0) is 23.4. The van der Waals surface area contributed by atoms with E-state index in [-0.39, 0.29) is 36.6 Å². The number of β-amino-alcohol motifs (C(OH)–C–C–N with tert-alkyl or cyclic N) is 1. The average molecular weight is 454 g/mol. The van der Waals surface area contributed by atoms with E-state index in [9.17, 15) is 19.1 Å². The summed E-state index contributed by atoms with van der Waals surface area (Å²) in [6, 6.07) is 16.5. The molecule has 0 aliphatic carbocycles. The van der Waals surface area contributed by atoms with Gasteiger partial charge in [0.15, 0.2) is 0 Å². The van der Waals surface area contributed by atoms with E-state index in [4.69, 9.17) is 0 Å². The molecular formula is C26H32FN3O3. The van der Waals surface area contributed by atoms with Gasteiger partial charge >= 0.3 is 0 Å². The number of nitrogens with zero attached hydrogens (tertiary/aromatic N) is 3. The topological polar surface area (TPSA) is 64.1 Å². The monoisotopic (exact) mass is 453 g/mol. The van der Waals surface area contributed by atoms with Gasteiger partial charge in [-0.15, -0.1) is 0 Å². The highest BCUT2D eigenvalue weighted by atomic mass is 19.1. The third kappa shape index (κ3) is 5.53. The average Bonchev–Trinajstić information content (AvgIpc) is 2.81. The number of hydrogen-bond donors (Lipinski definition) is 1. The molecule has 0 saturated carbocycles. The summed E-state index contributed by atoms with van der Waals surface area (Å²) in [5.41, 5.74) is 0.575. The number of benzene rings is 2. The Morgan fingerprint density at radius 3 is 2.36 bits per heavy atom. The normalized spacial score (nSPS) is 19.5. The van der Waals surface area contributed by atoms with Crippen LogP contribution in [0.2, 0.25) is 0 Å². The highest BCUT2D eigenvalue weighted by molar-refractivity contribution is 5.83. The zero-order valence-corrected chi connectivity index (χ0v) is 19.1. The minimum atomic E-state index is -1.00. The van der Waals surface area contributed by atoms with Crippen molar-refractivity contribution in [1.82, 2.24) is 9.80 Å². The van der Waals surface area contributed by atoms with E-state index < -0.39 is 5.60 Å². The molecule has 0 spiro atoms. The molecule has 1 N–H and O–H groups in total. The predicted molar refractivity (Wildman–Crippen MR) is 125 cm³/mol. The van der Waals surface area contributed by atoms with Crippen LogP contribution in [0.1, 0.15) is 37.7 Å². The van der Waals surface area contributed by atoms with Crippen LogP contribution in [-0.4, -0.2) is 71.6 Å². The van der Waals surface area contributed by atoms with E-state index in [1.54, 1.807) is 28.0 Å². The maximum atomic E-state index is 14.1. The van der Waals surface area contributed by atoms with Gasteiger partial charge in [-0.1, -0.05) is 49.4 Å². The van der Waals surface area contributed by atoms with Crippen molar-refractivity contribution in [3.05, 3.63) is 66.0 Å². The quantitative estimate of drug-likeness (QED) is 0.730. The van der Waals surface area contributed by atoms with Gasteiger partial charge in [0.25, 0.3) is 0 Å². The zero-order valence-electron chi connectivity index (χ0n) is 19.1. The number of hydrogen-bond acceptors (Lipinski definition) is 4. The van der Waals surface area contributed by atoms with Crippen LogP contribution in [0.4, 0.5) is 10.1 Å². The molecule has 176 valence electrons.